The molecule has 0 spiro atoms. The quantitative estimate of drug-likeness (QED) is 0.362. The Morgan fingerprint density at radius 2 is 1.69 bits per heavy atom. The summed E-state index contributed by atoms with van der Waals surface area (Å²) in [6.45, 7) is 2.20. The molecule has 36 heavy (non-hydrogen) atoms. The van der Waals surface area contributed by atoms with Crippen LogP contribution in [0.5, 0.6) is 0 Å². The third-order valence-electron chi connectivity index (χ3n) is 5.19. The molecule has 0 saturated carbocycles. The van der Waals surface area contributed by atoms with Gasteiger partial charge in [0.1, 0.15) is 12.1 Å². The van der Waals surface area contributed by atoms with Crippen LogP contribution in [0.15, 0.2) is 53.3 Å². The lowest BCUT2D eigenvalue weighted by Crippen LogP contribution is -2.27. The molecule has 0 aliphatic heterocycles. The molecule has 1 N–H and O–H groups in total. The highest BCUT2D eigenvalue weighted by Gasteiger charge is 2.29. The molecule has 0 bridgehead atoms. The maximum Gasteiger partial charge on any atom is 0.390 e. The van der Waals surface area contributed by atoms with E-state index in [0.29, 0.717) is 21.3 Å². The Bertz CT molecular complexity index is 1440. The monoisotopic (exact) mass is 540 g/mol. The molecule has 13 heteroatoms. The second-order valence-electron chi connectivity index (χ2n) is 8.59. The summed E-state index contributed by atoms with van der Waals surface area (Å²) in [4.78, 5) is 17.5. The molecule has 0 saturated heterocycles. The summed E-state index contributed by atoms with van der Waals surface area (Å²) in [6.07, 6.45) is -5.67. The summed E-state index contributed by atoms with van der Waals surface area (Å²) < 4.78 is 42.2. The SMILES string of the molecule is CC(C)(O)c1nc(Cn2nc(-c3ccc(Cl)cc3)n(CCC(F)(F)F)c2=O)nn1-c1cccc(Cl)c1. The van der Waals surface area contributed by atoms with Crippen LogP contribution in [0.25, 0.3) is 17.1 Å². The topological polar surface area (TPSA) is 90.8 Å². The molecule has 4 aromatic rings. The van der Waals surface area contributed by atoms with Crippen LogP contribution >= 0.6 is 23.2 Å². The molecule has 0 radical (unpaired) electrons. The van der Waals surface area contributed by atoms with Gasteiger partial charge in [0.2, 0.25) is 0 Å². The number of hydrogen-bond donors (Lipinski definition) is 1. The van der Waals surface area contributed by atoms with E-state index in [1.165, 1.54) is 18.5 Å². The van der Waals surface area contributed by atoms with Gasteiger partial charge in [0.05, 0.1) is 12.1 Å². The van der Waals surface area contributed by atoms with Gasteiger partial charge in [0, 0.05) is 22.2 Å². The number of halogens is 5. The second-order valence-corrected chi connectivity index (χ2v) is 9.46. The first-order valence-electron chi connectivity index (χ1n) is 10.8. The molecule has 2 aromatic carbocycles. The molecule has 190 valence electrons. The van der Waals surface area contributed by atoms with Gasteiger partial charge in [-0.15, -0.1) is 10.2 Å². The van der Waals surface area contributed by atoms with Crippen molar-refractivity contribution in [1.29, 1.82) is 0 Å². The van der Waals surface area contributed by atoms with Crippen molar-refractivity contribution in [3.8, 4) is 17.1 Å². The third-order valence-corrected chi connectivity index (χ3v) is 5.67. The lowest BCUT2D eigenvalue weighted by Gasteiger charge is -2.17. The van der Waals surface area contributed by atoms with Crippen LogP contribution in [-0.2, 0) is 18.7 Å². The summed E-state index contributed by atoms with van der Waals surface area (Å²) in [6, 6.07) is 13.0. The van der Waals surface area contributed by atoms with Gasteiger partial charge in [-0.2, -0.15) is 13.2 Å². The van der Waals surface area contributed by atoms with Gasteiger partial charge in [0.25, 0.3) is 0 Å². The summed E-state index contributed by atoms with van der Waals surface area (Å²) >= 11 is 12.0. The average Bonchev–Trinajstić information content (AvgIpc) is 3.34. The first-order valence-corrected chi connectivity index (χ1v) is 11.5. The van der Waals surface area contributed by atoms with E-state index in [-0.39, 0.29) is 24.0 Å². The van der Waals surface area contributed by atoms with Gasteiger partial charge in [-0.05, 0) is 56.3 Å². The van der Waals surface area contributed by atoms with Crippen molar-refractivity contribution < 1.29 is 18.3 Å². The fraction of sp³-hybridized carbons (Fsp3) is 0.304. The molecule has 0 atom stereocenters. The van der Waals surface area contributed by atoms with Crippen molar-refractivity contribution in [2.45, 2.75) is 45.1 Å². The Kier molecular flexibility index (Phi) is 7.00. The van der Waals surface area contributed by atoms with E-state index in [4.69, 9.17) is 23.2 Å². The number of rotatable bonds is 7. The zero-order chi connectivity index (χ0) is 26.3. The van der Waals surface area contributed by atoms with Gasteiger partial charge < -0.3 is 5.11 Å². The molecule has 0 aliphatic rings. The average molecular weight is 541 g/mol. The third kappa shape index (κ3) is 5.80. The number of benzene rings is 2. The van der Waals surface area contributed by atoms with Crippen LogP contribution in [0, 0.1) is 0 Å². The molecular weight excluding hydrogens is 520 g/mol. The number of nitrogens with zero attached hydrogens (tertiary/aromatic N) is 6. The minimum atomic E-state index is -4.46. The van der Waals surface area contributed by atoms with E-state index in [2.05, 4.69) is 15.2 Å². The Morgan fingerprint density at radius 3 is 2.31 bits per heavy atom. The number of hydrogen-bond acceptors (Lipinski definition) is 5. The Labute approximate surface area is 213 Å². The van der Waals surface area contributed by atoms with E-state index in [1.54, 1.807) is 48.5 Å². The minimum absolute atomic E-state index is 0.0536. The highest BCUT2D eigenvalue weighted by molar-refractivity contribution is 6.31. The molecule has 0 unspecified atom stereocenters. The number of aliphatic hydroxyl groups is 1. The highest BCUT2D eigenvalue weighted by Crippen LogP contribution is 2.25. The maximum atomic E-state index is 13.1. The largest absolute Gasteiger partial charge is 0.390 e. The van der Waals surface area contributed by atoms with Crippen LogP contribution in [-0.4, -0.2) is 40.4 Å². The zero-order valence-corrected chi connectivity index (χ0v) is 20.7. The van der Waals surface area contributed by atoms with Gasteiger partial charge in [-0.25, -0.2) is 19.1 Å². The molecular formula is C23H21Cl2F3N6O2. The lowest BCUT2D eigenvalue weighted by atomic mass is 10.1. The van der Waals surface area contributed by atoms with Crippen LogP contribution in [0.4, 0.5) is 13.2 Å². The standard InChI is InChI=1S/C23H21Cl2F3N6O2/c1-22(2,36)20-29-18(30-34(20)17-5-3-4-16(25)12-17)13-33-21(35)32(11-10-23(26,27)28)19(31-33)14-6-8-15(24)9-7-14/h3-9,12,36H,10-11,13H2,1-2H3. The molecule has 8 nitrogen and oxygen atoms in total. The van der Waals surface area contributed by atoms with E-state index in [1.807, 2.05) is 0 Å². The fourth-order valence-corrected chi connectivity index (χ4v) is 3.85. The molecule has 0 amide bonds. The van der Waals surface area contributed by atoms with E-state index < -0.39 is 30.4 Å². The second kappa shape index (κ2) is 9.72. The van der Waals surface area contributed by atoms with Gasteiger partial charge in [-0.1, -0.05) is 29.3 Å². The van der Waals surface area contributed by atoms with Crippen LogP contribution in [0.2, 0.25) is 10.0 Å². The van der Waals surface area contributed by atoms with Crippen molar-refractivity contribution in [3.05, 3.63) is 80.7 Å². The number of aromatic nitrogens is 6. The highest BCUT2D eigenvalue weighted by atomic mass is 35.5. The summed E-state index contributed by atoms with van der Waals surface area (Å²) in [5, 5.41) is 20.2. The Hall–Kier alpha value is -3.15. The van der Waals surface area contributed by atoms with Crippen LogP contribution < -0.4 is 5.69 Å². The van der Waals surface area contributed by atoms with Gasteiger partial charge in [0.15, 0.2) is 17.5 Å². The van der Waals surface area contributed by atoms with Crippen molar-refractivity contribution in [2.24, 2.45) is 0 Å². The first-order chi connectivity index (χ1) is 16.8. The molecule has 0 aliphatic carbocycles. The minimum Gasteiger partial charge on any atom is -0.382 e. The predicted octanol–water partition coefficient (Wildman–Crippen LogP) is 4.83. The van der Waals surface area contributed by atoms with Gasteiger partial charge in [-0.3, -0.25) is 4.57 Å². The predicted molar refractivity (Wildman–Crippen MR) is 128 cm³/mol. The Morgan fingerprint density at radius 1 is 1.00 bits per heavy atom. The van der Waals surface area contributed by atoms with E-state index in [9.17, 15) is 23.1 Å². The van der Waals surface area contributed by atoms with Crippen LogP contribution in [0.1, 0.15) is 31.9 Å². The Balaban J connectivity index is 1.77. The normalized spacial score (nSPS) is 12.3. The fourth-order valence-electron chi connectivity index (χ4n) is 3.54. The summed E-state index contributed by atoms with van der Waals surface area (Å²) in [5.74, 6) is 0.359. The summed E-state index contributed by atoms with van der Waals surface area (Å²) in [5.41, 5.74) is -1.21. The van der Waals surface area contributed by atoms with Crippen molar-refractivity contribution >= 4 is 23.2 Å². The summed E-state index contributed by atoms with van der Waals surface area (Å²) in [7, 11) is 0. The van der Waals surface area contributed by atoms with Crippen molar-refractivity contribution in [2.75, 3.05) is 0 Å². The smallest absolute Gasteiger partial charge is 0.382 e. The lowest BCUT2D eigenvalue weighted by molar-refractivity contribution is -0.136. The molecule has 0 fully saturated rings. The van der Waals surface area contributed by atoms with Gasteiger partial charge >= 0.3 is 11.9 Å². The zero-order valence-electron chi connectivity index (χ0n) is 19.2. The molecule has 2 heterocycles. The van der Waals surface area contributed by atoms with Crippen molar-refractivity contribution in [3.63, 3.8) is 0 Å². The van der Waals surface area contributed by atoms with Crippen molar-refractivity contribution in [1.82, 2.24) is 29.1 Å². The van der Waals surface area contributed by atoms with E-state index >= 15 is 0 Å². The first kappa shape index (κ1) is 25.9. The maximum absolute atomic E-state index is 13.1. The van der Waals surface area contributed by atoms with Crippen LogP contribution in [0.3, 0.4) is 0 Å². The van der Waals surface area contributed by atoms with E-state index in [0.717, 1.165) is 9.25 Å². The molecule has 2 aromatic heterocycles. The molecule has 4 rings (SSSR count). The number of alkyl halides is 3.